The minimum atomic E-state index is 0. The maximum absolute atomic E-state index is 3.35. The van der Waals surface area contributed by atoms with E-state index in [9.17, 15) is 0 Å². The van der Waals surface area contributed by atoms with Gasteiger partial charge in [0.2, 0.25) is 0 Å². The fraction of sp³-hybridized carbons (Fsp3) is 0.500. The summed E-state index contributed by atoms with van der Waals surface area (Å²) in [6.07, 6.45) is 4.93. The third kappa shape index (κ3) is 15.6. The molecule has 40 valence electrons. The Bertz CT molecular complexity index is 60.4. The van der Waals surface area contributed by atoms with Crippen molar-refractivity contribution in [2.45, 2.75) is 13.8 Å². The van der Waals surface area contributed by atoms with E-state index in [2.05, 4.69) is 22.6 Å². The molecule has 0 bridgehead atoms. The quantitative estimate of drug-likeness (QED) is 0.379. The Labute approximate surface area is 100 Å². The number of nitrogens with zero attached hydrogens (tertiary/aromatic N) is 2. The molecule has 0 fully saturated rings. The van der Waals surface area contributed by atoms with E-state index in [-0.39, 0.29) is 65.4 Å². The molecule has 0 rings (SSSR count). The molecule has 0 aliphatic rings. The van der Waals surface area contributed by atoms with E-state index in [1.807, 2.05) is 0 Å². The predicted octanol–water partition coefficient (Wildman–Crippen LogP) is 0.832. The Morgan fingerprint density at radius 2 is 1.12 bits per heavy atom. The molecule has 2 radical (unpaired) electrons. The van der Waals surface area contributed by atoms with Gasteiger partial charge in [-0.25, -0.2) is 0 Å². The summed E-state index contributed by atoms with van der Waals surface area (Å²) < 4.78 is 0. The van der Waals surface area contributed by atoms with Gasteiger partial charge in [0.25, 0.3) is 0 Å². The van der Waals surface area contributed by atoms with Crippen LogP contribution in [0, 0.1) is 0 Å². The second-order valence-electron chi connectivity index (χ2n) is 0.647. The molecule has 0 N–H and O–H groups in total. The van der Waals surface area contributed by atoms with Crippen molar-refractivity contribution < 1.29 is 65.4 Å². The number of hydrogen-bond donors (Lipinski definition) is 0. The molecule has 0 aromatic carbocycles. The van der Waals surface area contributed by atoms with Crippen LogP contribution in [-0.4, -0.2) is 12.4 Å². The first-order valence-electron chi connectivity index (χ1n) is 1.65. The molecule has 4 heteroatoms. The minimum absolute atomic E-state index is 0. The molecule has 8 heavy (non-hydrogen) atoms. The van der Waals surface area contributed by atoms with Gasteiger partial charge in [-0.3, -0.25) is 0 Å². The second-order valence-corrected chi connectivity index (χ2v) is 0.647. The molecule has 0 saturated carbocycles. The molecule has 0 aromatic rings. The third-order valence-corrected chi connectivity index (χ3v) is 0.250. The van der Waals surface area contributed by atoms with Crippen molar-refractivity contribution in [1.82, 2.24) is 0 Å². The topological polar surface area (TPSA) is 24.7 Å². The molecular weight excluding hydrogens is 254 g/mol. The van der Waals surface area contributed by atoms with Gasteiger partial charge in [0, 0.05) is 65.4 Å². The molecule has 0 aliphatic heterocycles. The van der Waals surface area contributed by atoms with Gasteiger partial charge in [0.15, 0.2) is 0 Å². The second kappa shape index (κ2) is 15.8. The molecule has 2 nitrogen and oxygen atoms in total. The largest absolute Gasteiger partial charge is 0.414 e. The van der Waals surface area contributed by atoms with Crippen molar-refractivity contribution in [3.8, 4) is 0 Å². The zero-order valence-corrected chi connectivity index (χ0v) is 10.7. The van der Waals surface area contributed by atoms with Crippen molar-refractivity contribution >= 4 is 12.4 Å². The molecule has 0 aliphatic carbocycles. The van der Waals surface area contributed by atoms with Crippen LogP contribution in [0.3, 0.4) is 0 Å². The van der Waals surface area contributed by atoms with Gasteiger partial charge in [-0.15, -0.1) is 0 Å². The van der Waals surface area contributed by atoms with Crippen molar-refractivity contribution in [2.75, 3.05) is 0 Å². The van der Waals surface area contributed by atoms with Gasteiger partial charge in [0.05, 0.1) is 0 Å². The van der Waals surface area contributed by atoms with E-state index >= 15 is 0 Å². The average Bonchev–Trinajstić information content (AvgIpc) is 1.61. The van der Waals surface area contributed by atoms with E-state index in [0.717, 1.165) is 0 Å². The van der Waals surface area contributed by atoms with Gasteiger partial charge in [0.1, 0.15) is 0 Å². The van der Waals surface area contributed by atoms with Crippen molar-refractivity contribution in [3.63, 3.8) is 0 Å². The zero-order valence-electron chi connectivity index (χ0n) is 5.05. The van der Waals surface area contributed by atoms with Crippen LogP contribution in [0.1, 0.15) is 13.8 Å². The molecule has 0 atom stereocenters. The molecule has 0 saturated heterocycles. The summed E-state index contributed by atoms with van der Waals surface area (Å²) in [6, 6.07) is 0. The summed E-state index contributed by atoms with van der Waals surface area (Å²) in [5.41, 5.74) is 0. The van der Waals surface area contributed by atoms with Crippen LogP contribution < -0.4 is 0 Å². The first-order chi connectivity index (χ1) is 2.91. The SMILES string of the molecule is C[C-]=NN=[C-]C.[Y].[Y]. The van der Waals surface area contributed by atoms with Crippen LogP contribution in [0.25, 0.3) is 0 Å². The Kier molecular flexibility index (Phi) is 32.2. The molecule has 0 amide bonds. The predicted molar refractivity (Wildman–Crippen MR) is 26.2 cm³/mol. The summed E-state index contributed by atoms with van der Waals surface area (Å²) in [7, 11) is 0. The molecule has 0 spiro atoms. The molecule has 0 aromatic heterocycles. The fourth-order valence-corrected chi connectivity index (χ4v) is 0.100. The average molecular weight is 260 g/mol. The minimum Gasteiger partial charge on any atom is -0.414 e. The summed E-state index contributed by atoms with van der Waals surface area (Å²) in [5.74, 6) is 0. The van der Waals surface area contributed by atoms with Crippen LogP contribution in [0.5, 0.6) is 0 Å². The van der Waals surface area contributed by atoms with Gasteiger partial charge in [-0.05, 0) is 0 Å². The normalized spacial score (nSPS) is 8.75. The standard InChI is InChI=1S/C4H6N2.2Y/c1-3-5-6-4-2;;/h1-2H3;;/q-2;;. The first kappa shape index (κ1) is 16.3. The van der Waals surface area contributed by atoms with Crippen LogP contribution in [0.15, 0.2) is 10.2 Å². The van der Waals surface area contributed by atoms with Gasteiger partial charge < -0.3 is 22.6 Å². The van der Waals surface area contributed by atoms with E-state index in [1.165, 1.54) is 0 Å². The van der Waals surface area contributed by atoms with Gasteiger partial charge in [-0.2, -0.15) is 13.8 Å². The van der Waals surface area contributed by atoms with Gasteiger partial charge in [-0.1, -0.05) is 0 Å². The number of hydrogen-bond acceptors (Lipinski definition) is 2. The van der Waals surface area contributed by atoms with E-state index < -0.39 is 0 Å². The van der Waals surface area contributed by atoms with Crippen molar-refractivity contribution in [1.29, 1.82) is 0 Å². The van der Waals surface area contributed by atoms with Gasteiger partial charge >= 0.3 is 0 Å². The Hall–Kier alpha value is 1.55. The Morgan fingerprint density at radius 1 is 0.875 bits per heavy atom. The van der Waals surface area contributed by atoms with E-state index in [0.29, 0.717) is 0 Å². The van der Waals surface area contributed by atoms with Crippen molar-refractivity contribution in [2.24, 2.45) is 10.2 Å². The smallest absolute Gasteiger partial charge is 0 e. The van der Waals surface area contributed by atoms with Crippen LogP contribution >= 0.6 is 0 Å². The maximum atomic E-state index is 3.35. The first-order valence-corrected chi connectivity index (χ1v) is 1.65. The van der Waals surface area contributed by atoms with E-state index in [1.54, 1.807) is 13.8 Å². The fourth-order valence-electron chi connectivity index (χ4n) is 0.100. The molecule has 0 unspecified atom stereocenters. The van der Waals surface area contributed by atoms with E-state index in [4.69, 9.17) is 0 Å². The molecular formula is C4H6N2Y2-2. The van der Waals surface area contributed by atoms with Crippen molar-refractivity contribution in [3.05, 3.63) is 0 Å². The zero-order chi connectivity index (χ0) is 4.83. The van der Waals surface area contributed by atoms with Crippen LogP contribution in [-0.2, 0) is 65.4 Å². The summed E-state index contributed by atoms with van der Waals surface area (Å²) in [6.45, 7) is 3.36. The monoisotopic (exact) mass is 260 g/mol. The van der Waals surface area contributed by atoms with Crippen LogP contribution in [0.2, 0.25) is 0 Å². The Morgan fingerprint density at radius 3 is 1.25 bits per heavy atom. The summed E-state index contributed by atoms with van der Waals surface area (Å²) in [4.78, 5) is 0. The maximum Gasteiger partial charge on any atom is 0 e. The summed E-state index contributed by atoms with van der Waals surface area (Å²) in [5, 5.41) is 6.71. The Balaban J connectivity index is -0.000000125. The number of rotatable bonds is 1. The summed E-state index contributed by atoms with van der Waals surface area (Å²) >= 11 is 0. The van der Waals surface area contributed by atoms with Crippen LogP contribution in [0.4, 0.5) is 0 Å². The molecule has 0 heterocycles. The third-order valence-electron chi connectivity index (χ3n) is 0.250.